The van der Waals surface area contributed by atoms with Crippen molar-refractivity contribution in [1.29, 1.82) is 0 Å². The molecule has 4 aromatic rings. The van der Waals surface area contributed by atoms with E-state index in [0.717, 1.165) is 27.6 Å². The largest absolute Gasteiger partial charge is 0.436 e. The van der Waals surface area contributed by atoms with Crippen molar-refractivity contribution in [3.8, 4) is 11.5 Å². The molecule has 0 bridgehead atoms. The summed E-state index contributed by atoms with van der Waals surface area (Å²) in [5.41, 5.74) is 4.79. The van der Waals surface area contributed by atoms with E-state index in [-0.39, 0.29) is 5.91 Å². The molecular weight excluding hydrogens is 464 g/mol. The Morgan fingerprint density at radius 2 is 1.90 bits per heavy atom. The Morgan fingerprint density at radius 1 is 1.13 bits per heavy atom. The maximum absolute atomic E-state index is 12.5. The minimum absolute atomic E-state index is 0.270. The van der Waals surface area contributed by atoms with Crippen molar-refractivity contribution in [1.82, 2.24) is 4.98 Å². The zero-order valence-electron chi connectivity index (χ0n) is 16.6. The zero-order valence-corrected chi connectivity index (χ0v) is 18.9. The van der Waals surface area contributed by atoms with Crippen LogP contribution >= 0.6 is 27.5 Å². The first kappa shape index (κ1) is 20.6. The van der Waals surface area contributed by atoms with Gasteiger partial charge in [-0.1, -0.05) is 47.4 Å². The molecule has 1 aromatic heterocycles. The number of carbonyl (C=O) groups excluding carboxylic acids is 1. The lowest BCUT2D eigenvalue weighted by molar-refractivity contribution is 0.102. The van der Waals surface area contributed by atoms with E-state index < -0.39 is 0 Å². The van der Waals surface area contributed by atoms with Crippen molar-refractivity contribution in [2.45, 2.75) is 26.2 Å². The molecule has 0 aliphatic heterocycles. The van der Waals surface area contributed by atoms with Crippen molar-refractivity contribution < 1.29 is 9.21 Å². The maximum Gasteiger partial charge on any atom is 0.257 e. The highest BCUT2D eigenvalue weighted by Gasteiger charge is 2.13. The Balaban J connectivity index is 1.54. The van der Waals surface area contributed by atoms with Gasteiger partial charge in [-0.15, -0.1) is 0 Å². The van der Waals surface area contributed by atoms with Crippen molar-refractivity contribution >= 4 is 50.2 Å². The van der Waals surface area contributed by atoms with Gasteiger partial charge in [-0.05, 0) is 72.5 Å². The SMILES string of the molecule is CC[C@@H](C)c1ccc2oc(-c3ccc(NC(=O)c4cc(Br)ccc4Cl)cc3)nc2c1. The number of nitrogens with one attached hydrogen (secondary N) is 1. The van der Waals surface area contributed by atoms with E-state index in [1.54, 1.807) is 18.2 Å². The number of amides is 1. The van der Waals surface area contributed by atoms with Crippen LogP contribution in [0.4, 0.5) is 5.69 Å². The number of hydrogen-bond donors (Lipinski definition) is 1. The van der Waals surface area contributed by atoms with E-state index >= 15 is 0 Å². The van der Waals surface area contributed by atoms with Gasteiger partial charge in [0.2, 0.25) is 5.89 Å². The standard InChI is InChI=1S/C24H20BrClN2O2/c1-3-14(2)16-6-11-22-21(12-16)28-24(30-22)15-4-8-18(9-5-15)27-23(29)19-13-17(25)7-10-20(19)26/h4-14H,3H2,1-2H3,(H,27,29)/t14-/m1/s1. The molecule has 30 heavy (non-hydrogen) atoms. The number of nitrogens with zero attached hydrogens (tertiary/aromatic N) is 1. The predicted octanol–water partition coefficient (Wildman–Crippen LogP) is 7.68. The lowest BCUT2D eigenvalue weighted by atomic mass is 9.98. The molecule has 0 aliphatic rings. The van der Waals surface area contributed by atoms with E-state index in [9.17, 15) is 4.79 Å². The third kappa shape index (κ3) is 4.27. The minimum Gasteiger partial charge on any atom is -0.436 e. The second kappa shape index (κ2) is 8.62. The highest BCUT2D eigenvalue weighted by atomic mass is 79.9. The Bertz CT molecular complexity index is 1220. The Kier molecular flexibility index (Phi) is 5.93. The maximum atomic E-state index is 12.5. The summed E-state index contributed by atoms with van der Waals surface area (Å²) in [5.74, 6) is 0.767. The summed E-state index contributed by atoms with van der Waals surface area (Å²) in [6, 6.07) is 18.7. The van der Waals surface area contributed by atoms with Crippen LogP contribution in [0, 0.1) is 0 Å². The molecule has 0 unspecified atom stereocenters. The van der Waals surface area contributed by atoms with Crippen molar-refractivity contribution in [2.24, 2.45) is 0 Å². The quantitative estimate of drug-likeness (QED) is 0.317. The van der Waals surface area contributed by atoms with Crippen LogP contribution in [0.3, 0.4) is 0 Å². The van der Waals surface area contributed by atoms with E-state index in [2.05, 4.69) is 52.2 Å². The molecule has 0 spiro atoms. The highest BCUT2D eigenvalue weighted by Crippen LogP contribution is 2.29. The van der Waals surface area contributed by atoms with Gasteiger partial charge in [-0.3, -0.25) is 4.79 Å². The summed E-state index contributed by atoms with van der Waals surface area (Å²) < 4.78 is 6.71. The zero-order chi connectivity index (χ0) is 21.3. The number of hydrogen-bond acceptors (Lipinski definition) is 3. The number of anilines is 1. The smallest absolute Gasteiger partial charge is 0.257 e. The average molecular weight is 484 g/mol. The first-order valence-electron chi connectivity index (χ1n) is 9.72. The van der Waals surface area contributed by atoms with Gasteiger partial charge in [0.25, 0.3) is 5.91 Å². The fourth-order valence-electron chi connectivity index (χ4n) is 3.18. The van der Waals surface area contributed by atoms with E-state index in [1.165, 1.54) is 5.56 Å². The van der Waals surface area contributed by atoms with Gasteiger partial charge in [0, 0.05) is 15.7 Å². The molecule has 1 heterocycles. The molecule has 3 aromatic carbocycles. The van der Waals surface area contributed by atoms with Crippen LogP contribution in [0.25, 0.3) is 22.6 Å². The van der Waals surface area contributed by atoms with Gasteiger partial charge in [-0.25, -0.2) is 4.98 Å². The predicted molar refractivity (Wildman–Crippen MR) is 125 cm³/mol. The van der Waals surface area contributed by atoms with E-state index in [1.807, 2.05) is 30.3 Å². The van der Waals surface area contributed by atoms with Crippen molar-refractivity contribution in [3.05, 3.63) is 81.3 Å². The van der Waals surface area contributed by atoms with Gasteiger partial charge < -0.3 is 9.73 Å². The summed E-state index contributed by atoms with van der Waals surface area (Å²) in [7, 11) is 0. The van der Waals surface area contributed by atoms with Crippen LogP contribution in [0.2, 0.25) is 5.02 Å². The molecule has 1 amide bonds. The third-order valence-corrected chi connectivity index (χ3v) is 5.98. The fourth-order valence-corrected chi connectivity index (χ4v) is 3.74. The monoisotopic (exact) mass is 482 g/mol. The minimum atomic E-state index is -0.270. The summed E-state index contributed by atoms with van der Waals surface area (Å²) in [5, 5.41) is 3.26. The van der Waals surface area contributed by atoms with Gasteiger partial charge in [0.15, 0.2) is 5.58 Å². The summed E-state index contributed by atoms with van der Waals surface area (Å²) in [6.45, 7) is 4.38. The molecule has 0 saturated carbocycles. The second-order valence-corrected chi connectivity index (χ2v) is 8.53. The average Bonchev–Trinajstić information content (AvgIpc) is 3.18. The molecule has 6 heteroatoms. The number of benzene rings is 3. The summed E-state index contributed by atoms with van der Waals surface area (Å²) >= 11 is 9.50. The number of oxazole rings is 1. The molecule has 0 fully saturated rings. The number of rotatable bonds is 5. The van der Waals surface area contributed by atoms with Crippen LogP contribution in [-0.4, -0.2) is 10.9 Å². The number of carbonyl (C=O) groups is 1. The molecule has 0 saturated heterocycles. The lowest BCUT2D eigenvalue weighted by Crippen LogP contribution is -2.12. The molecule has 4 rings (SSSR count). The topological polar surface area (TPSA) is 55.1 Å². The number of aromatic nitrogens is 1. The van der Waals surface area contributed by atoms with Crippen LogP contribution in [-0.2, 0) is 0 Å². The number of fused-ring (bicyclic) bond motifs is 1. The Morgan fingerprint density at radius 3 is 2.63 bits per heavy atom. The van der Waals surface area contributed by atoms with Gasteiger partial charge in [-0.2, -0.15) is 0 Å². The Labute approximate surface area is 188 Å². The summed E-state index contributed by atoms with van der Waals surface area (Å²) in [6.07, 6.45) is 1.08. The third-order valence-electron chi connectivity index (χ3n) is 5.16. The van der Waals surface area contributed by atoms with Gasteiger partial charge >= 0.3 is 0 Å². The molecule has 152 valence electrons. The molecule has 1 atom stereocenters. The van der Waals surface area contributed by atoms with Gasteiger partial charge in [0.05, 0.1) is 10.6 Å². The van der Waals surface area contributed by atoms with E-state index in [4.69, 9.17) is 16.0 Å². The summed E-state index contributed by atoms with van der Waals surface area (Å²) in [4.78, 5) is 17.2. The fraction of sp³-hybridized carbons (Fsp3) is 0.167. The second-order valence-electron chi connectivity index (χ2n) is 7.21. The van der Waals surface area contributed by atoms with E-state index in [0.29, 0.717) is 28.1 Å². The Hall–Kier alpha value is -2.63. The lowest BCUT2D eigenvalue weighted by Gasteiger charge is -2.07. The molecule has 0 aliphatic carbocycles. The molecule has 1 N–H and O–H groups in total. The highest BCUT2D eigenvalue weighted by molar-refractivity contribution is 9.10. The van der Waals surface area contributed by atoms with Gasteiger partial charge in [0.1, 0.15) is 5.52 Å². The molecule has 0 radical (unpaired) electrons. The normalized spacial score (nSPS) is 12.1. The van der Waals surface area contributed by atoms with Crippen LogP contribution in [0.15, 0.2) is 69.6 Å². The van der Waals surface area contributed by atoms with Crippen LogP contribution in [0.5, 0.6) is 0 Å². The van der Waals surface area contributed by atoms with Crippen molar-refractivity contribution in [2.75, 3.05) is 5.32 Å². The number of halogens is 2. The molecular formula is C24H20BrClN2O2. The molecule has 4 nitrogen and oxygen atoms in total. The first-order valence-corrected chi connectivity index (χ1v) is 10.9. The van der Waals surface area contributed by atoms with Crippen LogP contribution in [0.1, 0.15) is 42.1 Å². The van der Waals surface area contributed by atoms with Crippen molar-refractivity contribution in [3.63, 3.8) is 0 Å². The van der Waals surface area contributed by atoms with Crippen LogP contribution < -0.4 is 5.32 Å². The first-order chi connectivity index (χ1) is 14.4.